The van der Waals surface area contributed by atoms with Crippen LogP contribution >= 0.6 is 0 Å². The number of fused-ring (bicyclic) bond motifs is 1. The van der Waals surface area contributed by atoms with Crippen LogP contribution in [0.5, 0.6) is 0 Å². The van der Waals surface area contributed by atoms with Gasteiger partial charge in [-0.15, -0.1) is 0 Å². The van der Waals surface area contributed by atoms with Crippen LogP contribution in [-0.2, 0) is 6.54 Å². The molecule has 0 saturated heterocycles. The topological polar surface area (TPSA) is 86.4 Å². The van der Waals surface area contributed by atoms with E-state index in [0.717, 1.165) is 11.8 Å². The van der Waals surface area contributed by atoms with Gasteiger partial charge in [0, 0.05) is 34.4 Å². The Hall–Kier alpha value is -4.79. The smallest absolute Gasteiger partial charge is 0.327 e. The number of hydrogen-bond acceptors (Lipinski definition) is 4. The van der Waals surface area contributed by atoms with Gasteiger partial charge in [-0.3, -0.25) is 15.0 Å². The van der Waals surface area contributed by atoms with Gasteiger partial charge < -0.3 is 10.6 Å². The zero-order valence-corrected chi connectivity index (χ0v) is 18.3. The SMILES string of the molecule is O=C(Nc1ccc(Nc2ccnc3c2CN(c2ccccc2)C(=O)N3)c(F)c1)c1cccc(F)c1. The summed E-state index contributed by atoms with van der Waals surface area (Å²) in [6.07, 6.45) is 1.52. The van der Waals surface area contributed by atoms with Gasteiger partial charge in [0.15, 0.2) is 0 Å². The van der Waals surface area contributed by atoms with E-state index in [1.807, 2.05) is 30.3 Å². The number of halogens is 2. The summed E-state index contributed by atoms with van der Waals surface area (Å²) in [7, 11) is 0. The molecule has 1 aliphatic heterocycles. The number of carbonyl (C=O) groups excluding carboxylic acids is 2. The van der Waals surface area contributed by atoms with Crippen molar-refractivity contribution in [3.63, 3.8) is 0 Å². The van der Waals surface area contributed by atoms with Gasteiger partial charge >= 0.3 is 6.03 Å². The van der Waals surface area contributed by atoms with E-state index in [0.29, 0.717) is 17.1 Å². The summed E-state index contributed by atoms with van der Waals surface area (Å²) >= 11 is 0. The van der Waals surface area contributed by atoms with Crippen LogP contribution in [0, 0.1) is 11.6 Å². The lowest BCUT2D eigenvalue weighted by molar-refractivity contribution is 0.102. The maximum atomic E-state index is 14.9. The Bertz CT molecular complexity index is 1430. The third-order valence-electron chi connectivity index (χ3n) is 5.49. The van der Waals surface area contributed by atoms with E-state index in [1.54, 1.807) is 11.0 Å². The third-order valence-corrected chi connectivity index (χ3v) is 5.49. The number of nitrogens with zero attached hydrogens (tertiary/aromatic N) is 2. The standard InChI is InChI=1S/C26H19F2N5O2/c27-17-6-4-5-16(13-17)25(34)30-18-9-10-23(21(28)14-18)31-22-11-12-29-24-20(22)15-33(26(35)32-24)19-7-2-1-3-8-19/h1-14H,15H2,(H,30,34)(H2,29,31,32,35). The number of carbonyl (C=O) groups is 2. The number of pyridine rings is 1. The van der Waals surface area contributed by atoms with Crippen molar-refractivity contribution in [1.29, 1.82) is 0 Å². The quantitative estimate of drug-likeness (QED) is 0.338. The van der Waals surface area contributed by atoms with Crippen molar-refractivity contribution in [2.24, 2.45) is 0 Å². The Morgan fingerprint density at radius 3 is 2.54 bits per heavy atom. The summed E-state index contributed by atoms with van der Waals surface area (Å²) in [5.74, 6) is -1.30. The average Bonchev–Trinajstić information content (AvgIpc) is 2.86. The molecule has 9 heteroatoms. The van der Waals surface area contributed by atoms with Crippen LogP contribution in [0.2, 0.25) is 0 Å². The number of aromatic nitrogens is 1. The molecule has 3 amide bonds. The molecule has 0 fully saturated rings. The molecule has 0 atom stereocenters. The first-order valence-corrected chi connectivity index (χ1v) is 10.7. The Morgan fingerprint density at radius 2 is 1.77 bits per heavy atom. The van der Waals surface area contributed by atoms with Crippen LogP contribution in [0.25, 0.3) is 0 Å². The summed E-state index contributed by atoms with van der Waals surface area (Å²) in [6, 6.07) is 20.0. The van der Waals surface area contributed by atoms with Gasteiger partial charge in [0.05, 0.1) is 12.2 Å². The molecule has 1 aliphatic rings. The molecule has 0 bridgehead atoms. The molecule has 0 unspecified atom stereocenters. The van der Waals surface area contributed by atoms with Crippen molar-refractivity contribution in [3.8, 4) is 0 Å². The molecule has 174 valence electrons. The van der Waals surface area contributed by atoms with Gasteiger partial charge in [-0.05, 0) is 54.6 Å². The maximum Gasteiger partial charge on any atom is 0.327 e. The van der Waals surface area contributed by atoms with E-state index in [2.05, 4.69) is 20.9 Å². The summed E-state index contributed by atoms with van der Waals surface area (Å²) in [6.45, 7) is 0.241. The minimum absolute atomic E-state index is 0.126. The molecule has 7 nitrogen and oxygen atoms in total. The van der Waals surface area contributed by atoms with Crippen LogP contribution in [0.1, 0.15) is 15.9 Å². The minimum Gasteiger partial charge on any atom is -0.353 e. The normalized spacial score (nSPS) is 12.5. The van der Waals surface area contributed by atoms with E-state index in [4.69, 9.17) is 0 Å². The molecule has 35 heavy (non-hydrogen) atoms. The summed E-state index contributed by atoms with van der Waals surface area (Å²) < 4.78 is 28.3. The lowest BCUT2D eigenvalue weighted by Crippen LogP contribution is -2.39. The molecule has 0 radical (unpaired) electrons. The van der Waals surface area contributed by atoms with E-state index in [1.165, 1.54) is 42.6 Å². The Morgan fingerprint density at radius 1 is 0.943 bits per heavy atom. The van der Waals surface area contributed by atoms with Crippen LogP contribution in [0.3, 0.4) is 0 Å². The van der Waals surface area contributed by atoms with Gasteiger partial charge in [0.25, 0.3) is 5.91 Å². The van der Waals surface area contributed by atoms with E-state index in [9.17, 15) is 18.4 Å². The fourth-order valence-corrected chi connectivity index (χ4v) is 3.76. The molecule has 0 aliphatic carbocycles. The average molecular weight is 471 g/mol. The number of amides is 3. The van der Waals surface area contributed by atoms with Gasteiger partial charge in [0.1, 0.15) is 17.5 Å². The van der Waals surface area contributed by atoms with Crippen molar-refractivity contribution in [2.75, 3.05) is 20.9 Å². The second kappa shape index (κ2) is 9.22. The Balaban J connectivity index is 1.36. The van der Waals surface area contributed by atoms with Gasteiger partial charge in [-0.25, -0.2) is 18.6 Å². The van der Waals surface area contributed by atoms with Gasteiger partial charge in [-0.2, -0.15) is 0 Å². The highest BCUT2D eigenvalue weighted by Gasteiger charge is 2.27. The Labute approximate surface area is 199 Å². The highest BCUT2D eigenvalue weighted by molar-refractivity contribution is 6.05. The van der Waals surface area contributed by atoms with E-state index in [-0.39, 0.29) is 29.5 Å². The fourth-order valence-electron chi connectivity index (χ4n) is 3.76. The molecule has 4 aromatic rings. The zero-order chi connectivity index (χ0) is 24.4. The van der Waals surface area contributed by atoms with Crippen molar-refractivity contribution in [1.82, 2.24) is 4.98 Å². The molecule has 2 heterocycles. The molecule has 0 spiro atoms. The van der Waals surface area contributed by atoms with Gasteiger partial charge in [-0.1, -0.05) is 24.3 Å². The van der Waals surface area contributed by atoms with Crippen LogP contribution in [-0.4, -0.2) is 16.9 Å². The van der Waals surface area contributed by atoms with Crippen molar-refractivity contribution in [2.45, 2.75) is 6.54 Å². The molecular weight excluding hydrogens is 452 g/mol. The minimum atomic E-state index is -0.604. The predicted octanol–water partition coefficient (Wildman–Crippen LogP) is 5.91. The van der Waals surface area contributed by atoms with E-state index < -0.39 is 17.5 Å². The Kier molecular flexibility index (Phi) is 5.80. The van der Waals surface area contributed by atoms with Crippen LogP contribution in [0.4, 0.5) is 42.1 Å². The highest BCUT2D eigenvalue weighted by Crippen LogP contribution is 2.33. The predicted molar refractivity (Wildman–Crippen MR) is 130 cm³/mol. The number of benzene rings is 3. The maximum absolute atomic E-state index is 14.9. The largest absolute Gasteiger partial charge is 0.353 e. The van der Waals surface area contributed by atoms with E-state index >= 15 is 0 Å². The summed E-state index contributed by atoms with van der Waals surface area (Å²) in [5.41, 5.74) is 2.51. The lowest BCUT2D eigenvalue weighted by atomic mass is 10.1. The third kappa shape index (κ3) is 4.65. The highest BCUT2D eigenvalue weighted by atomic mass is 19.1. The molecule has 3 N–H and O–H groups in total. The molecule has 1 aromatic heterocycles. The second-order valence-corrected chi connectivity index (χ2v) is 7.82. The number of urea groups is 1. The van der Waals surface area contributed by atoms with Crippen molar-refractivity contribution < 1.29 is 18.4 Å². The first-order chi connectivity index (χ1) is 17.0. The van der Waals surface area contributed by atoms with Crippen LogP contribution in [0.15, 0.2) is 85.1 Å². The van der Waals surface area contributed by atoms with Crippen molar-refractivity contribution >= 4 is 40.5 Å². The second-order valence-electron chi connectivity index (χ2n) is 7.82. The number of hydrogen-bond donors (Lipinski definition) is 3. The fraction of sp³-hybridized carbons (Fsp3) is 0.0385. The first kappa shape index (κ1) is 22.0. The zero-order valence-electron chi connectivity index (χ0n) is 18.3. The molecule has 5 rings (SSSR count). The summed E-state index contributed by atoms with van der Waals surface area (Å²) in [4.78, 5) is 30.7. The molecular formula is C26H19F2N5O2. The lowest BCUT2D eigenvalue weighted by Gasteiger charge is -2.30. The number of rotatable bonds is 5. The number of para-hydroxylation sites is 1. The monoisotopic (exact) mass is 471 g/mol. The number of anilines is 5. The summed E-state index contributed by atoms with van der Waals surface area (Å²) in [5, 5.41) is 8.38. The van der Waals surface area contributed by atoms with Gasteiger partial charge in [0.2, 0.25) is 0 Å². The molecule has 0 saturated carbocycles. The number of nitrogens with one attached hydrogen (secondary N) is 3. The van der Waals surface area contributed by atoms with Crippen molar-refractivity contribution in [3.05, 3.63) is 108 Å². The van der Waals surface area contributed by atoms with Crippen LogP contribution < -0.4 is 20.9 Å². The molecule has 3 aromatic carbocycles. The first-order valence-electron chi connectivity index (χ1n) is 10.7.